The minimum atomic E-state index is -0.772. The fraction of sp³-hybridized carbons (Fsp3) is 0.870. The van der Waals surface area contributed by atoms with Crippen molar-refractivity contribution in [2.24, 2.45) is 0 Å². The van der Waals surface area contributed by atoms with Crippen molar-refractivity contribution in [1.29, 1.82) is 0 Å². The number of esters is 3. The second kappa shape index (κ2) is 64.2. The van der Waals surface area contributed by atoms with E-state index in [0.717, 1.165) is 70.6 Å². The van der Waals surface area contributed by atoms with E-state index in [1.54, 1.807) is 0 Å². The molecule has 6 nitrogen and oxygen atoms in total. The molecule has 0 aliphatic carbocycles. The molecule has 6 heteroatoms. The first-order chi connectivity index (χ1) is 37.0. The minimum absolute atomic E-state index is 0.0697. The Morgan fingerprint density at radius 1 is 0.267 bits per heavy atom. The Hall–Kier alpha value is -2.37. The number of unbranched alkanes of at least 4 members (excludes halogenated alkanes) is 45. The number of rotatable bonds is 62. The molecule has 440 valence electrons. The third kappa shape index (κ3) is 62.4. The lowest BCUT2D eigenvalue weighted by Gasteiger charge is -2.18. The molecule has 0 aliphatic heterocycles. The maximum atomic E-state index is 12.9. The predicted molar refractivity (Wildman–Crippen MR) is 326 cm³/mol. The molecule has 0 N–H and O–H groups in total. The van der Waals surface area contributed by atoms with Gasteiger partial charge in [0.15, 0.2) is 6.10 Å². The van der Waals surface area contributed by atoms with E-state index < -0.39 is 6.10 Å². The quantitative estimate of drug-likeness (QED) is 0.0261. The average molecular weight is 1050 g/mol. The molecule has 75 heavy (non-hydrogen) atoms. The van der Waals surface area contributed by atoms with Crippen molar-refractivity contribution in [2.75, 3.05) is 13.2 Å². The topological polar surface area (TPSA) is 78.9 Å². The van der Waals surface area contributed by atoms with Gasteiger partial charge >= 0.3 is 17.9 Å². The minimum Gasteiger partial charge on any atom is -0.462 e. The fourth-order valence-corrected chi connectivity index (χ4v) is 10.1. The predicted octanol–water partition coefficient (Wildman–Crippen LogP) is 22.8. The first-order valence-corrected chi connectivity index (χ1v) is 33.5. The van der Waals surface area contributed by atoms with Crippen LogP contribution >= 0.6 is 0 Å². The zero-order valence-electron chi connectivity index (χ0n) is 50.6. The second-order valence-corrected chi connectivity index (χ2v) is 22.7. The fourth-order valence-electron chi connectivity index (χ4n) is 10.1. The summed E-state index contributed by atoms with van der Waals surface area (Å²) in [6, 6.07) is 0. The lowest BCUT2D eigenvalue weighted by atomic mass is 10.0. The van der Waals surface area contributed by atoms with E-state index >= 15 is 0 Å². The van der Waals surface area contributed by atoms with Gasteiger partial charge < -0.3 is 14.2 Å². The van der Waals surface area contributed by atoms with Crippen LogP contribution in [0.4, 0.5) is 0 Å². The van der Waals surface area contributed by atoms with E-state index in [1.807, 2.05) is 0 Å². The van der Waals surface area contributed by atoms with Crippen molar-refractivity contribution < 1.29 is 28.6 Å². The van der Waals surface area contributed by atoms with E-state index in [0.29, 0.717) is 19.3 Å². The van der Waals surface area contributed by atoms with E-state index in [2.05, 4.69) is 57.2 Å². The van der Waals surface area contributed by atoms with E-state index in [1.165, 1.54) is 257 Å². The molecule has 0 aromatic rings. The summed E-state index contributed by atoms with van der Waals surface area (Å²) in [6.07, 6.45) is 78.8. The second-order valence-electron chi connectivity index (χ2n) is 22.7. The van der Waals surface area contributed by atoms with Crippen LogP contribution in [0.5, 0.6) is 0 Å². The smallest absolute Gasteiger partial charge is 0.306 e. The molecule has 0 amide bonds. The molecule has 0 saturated heterocycles. The Kier molecular flexibility index (Phi) is 62.1. The summed E-state index contributed by atoms with van der Waals surface area (Å²) in [6.45, 7) is 6.67. The van der Waals surface area contributed by atoms with Crippen LogP contribution in [0.25, 0.3) is 0 Å². The lowest BCUT2D eigenvalue weighted by molar-refractivity contribution is -0.167. The average Bonchev–Trinajstić information content (AvgIpc) is 3.41. The molecule has 0 fully saturated rings. The molecule has 1 atom stereocenters. The largest absolute Gasteiger partial charge is 0.462 e. The van der Waals surface area contributed by atoms with E-state index in [9.17, 15) is 14.4 Å². The van der Waals surface area contributed by atoms with Gasteiger partial charge in [0.25, 0.3) is 0 Å². The summed E-state index contributed by atoms with van der Waals surface area (Å²) < 4.78 is 16.9. The maximum absolute atomic E-state index is 12.9. The van der Waals surface area contributed by atoms with Crippen LogP contribution < -0.4 is 0 Å². The molecule has 0 bridgehead atoms. The normalized spacial score (nSPS) is 12.2. The van der Waals surface area contributed by atoms with Crippen molar-refractivity contribution >= 4 is 17.9 Å². The van der Waals surface area contributed by atoms with Crippen molar-refractivity contribution in [3.8, 4) is 0 Å². The van der Waals surface area contributed by atoms with Gasteiger partial charge in [0, 0.05) is 19.3 Å². The molecular formula is C69H128O6. The van der Waals surface area contributed by atoms with Gasteiger partial charge in [0.05, 0.1) is 0 Å². The van der Waals surface area contributed by atoms with Crippen molar-refractivity contribution in [2.45, 2.75) is 374 Å². The van der Waals surface area contributed by atoms with Gasteiger partial charge in [-0.2, -0.15) is 0 Å². The molecule has 0 rings (SSSR count). The third-order valence-corrected chi connectivity index (χ3v) is 15.1. The van der Waals surface area contributed by atoms with E-state index in [4.69, 9.17) is 14.2 Å². The highest BCUT2D eigenvalue weighted by Gasteiger charge is 2.19. The summed E-state index contributed by atoms with van der Waals surface area (Å²) in [5.74, 6) is -0.853. The Morgan fingerprint density at radius 3 is 0.760 bits per heavy atom. The van der Waals surface area contributed by atoms with Crippen LogP contribution in [0.15, 0.2) is 36.5 Å². The first-order valence-electron chi connectivity index (χ1n) is 33.5. The van der Waals surface area contributed by atoms with Crippen molar-refractivity contribution in [3.05, 3.63) is 36.5 Å². The Labute approximate surface area is 467 Å². The molecule has 1 unspecified atom stereocenters. The molecule has 0 aromatic heterocycles. The molecule has 0 heterocycles. The maximum Gasteiger partial charge on any atom is 0.306 e. The van der Waals surface area contributed by atoms with Gasteiger partial charge in [0.2, 0.25) is 0 Å². The number of allylic oxidation sites excluding steroid dienone is 6. The highest BCUT2D eigenvalue weighted by molar-refractivity contribution is 5.71. The van der Waals surface area contributed by atoms with Gasteiger partial charge in [0.1, 0.15) is 13.2 Å². The van der Waals surface area contributed by atoms with Crippen LogP contribution in [0.2, 0.25) is 0 Å². The molecular weight excluding hydrogens is 925 g/mol. The van der Waals surface area contributed by atoms with Crippen molar-refractivity contribution in [1.82, 2.24) is 0 Å². The lowest BCUT2D eigenvalue weighted by Crippen LogP contribution is -2.30. The summed E-state index contributed by atoms with van der Waals surface area (Å²) in [4.78, 5) is 38.3. The first kappa shape index (κ1) is 72.6. The van der Waals surface area contributed by atoms with Crippen LogP contribution in [-0.4, -0.2) is 37.2 Å². The zero-order valence-corrected chi connectivity index (χ0v) is 50.6. The van der Waals surface area contributed by atoms with Crippen LogP contribution in [0.3, 0.4) is 0 Å². The number of hydrogen-bond acceptors (Lipinski definition) is 6. The van der Waals surface area contributed by atoms with Crippen LogP contribution in [0, 0.1) is 0 Å². The highest BCUT2D eigenvalue weighted by Crippen LogP contribution is 2.18. The summed E-state index contributed by atoms with van der Waals surface area (Å²) in [7, 11) is 0. The summed E-state index contributed by atoms with van der Waals surface area (Å²) in [5.41, 5.74) is 0. The Bertz CT molecular complexity index is 1250. The summed E-state index contributed by atoms with van der Waals surface area (Å²) >= 11 is 0. The standard InChI is InChI=1S/C69H128O6/c1-4-7-10-13-16-19-22-25-27-29-30-31-32-33-34-35-36-37-38-40-41-44-47-50-53-56-59-62-68(71)74-65-66(64-73-67(70)61-58-55-52-49-46-43-24-21-18-15-12-9-6-3)75-69(72)63-60-57-54-51-48-45-42-39-28-26-23-20-17-14-11-8-5-2/h21-22,24-25,29-30,66H,4-20,23,26-28,31-65H2,1-3H3/b24-21-,25-22-,30-29-. The van der Waals surface area contributed by atoms with Crippen molar-refractivity contribution in [3.63, 3.8) is 0 Å². The van der Waals surface area contributed by atoms with Crippen LogP contribution in [-0.2, 0) is 28.6 Å². The van der Waals surface area contributed by atoms with Gasteiger partial charge in [-0.25, -0.2) is 0 Å². The molecule has 0 aromatic carbocycles. The molecule has 0 aliphatic rings. The summed E-state index contributed by atoms with van der Waals surface area (Å²) in [5, 5.41) is 0. The monoisotopic (exact) mass is 1050 g/mol. The molecule has 0 spiro atoms. The number of carbonyl (C=O) groups is 3. The third-order valence-electron chi connectivity index (χ3n) is 15.1. The van der Waals surface area contributed by atoms with Gasteiger partial charge in [-0.15, -0.1) is 0 Å². The SMILES string of the molecule is CCCCCC/C=C\CCCCCCCC(=O)OCC(COC(=O)CCCCCCCCCCCCCCCCC/C=C\C/C=C\CCCCCCC)OC(=O)CCCCCCCCCCCCCCCCCCC. The van der Waals surface area contributed by atoms with Gasteiger partial charge in [-0.3, -0.25) is 14.4 Å². The number of ether oxygens (including phenoxy) is 3. The zero-order chi connectivity index (χ0) is 54.3. The Balaban J connectivity index is 4.21. The number of carbonyl (C=O) groups excluding carboxylic acids is 3. The van der Waals surface area contributed by atoms with Gasteiger partial charge in [-0.1, -0.05) is 308 Å². The van der Waals surface area contributed by atoms with E-state index in [-0.39, 0.29) is 31.1 Å². The van der Waals surface area contributed by atoms with Gasteiger partial charge in [-0.05, 0) is 77.0 Å². The molecule has 0 saturated carbocycles. The molecule has 0 radical (unpaired) electrons. The number of hydrogen-bond donors (Lipinski definition) is 0. The Morgan fingerprint density at radius 2 is 0.480 bits per heavy atom. The van der Waals surface area contributed by atoms with Crippen LogP contribution in [0.1, 0.15) is 367 Å². The highest BCUT2D eigenvalue weighted by atomic mass is 16.6.